The molecule has 0 radical (unpaired) electrons. The number of nitrogens with one attached hydrogen (secondary N) is 2. The first-order valence-corrected chi connectivity index (χ1v) is 7.26. The van der Waals surface area contributed by atoms with Gasteiger partial charge in [0.2, 0.25) is 0 Å². The molecule has 0 saturated carbocycles. The Morgan fingerprint density at radius 2 is 1.56 bits per heavy atom. The lowest BCUT2D eigenvalue weighted by Crippen LogP contribution is -2.32. The Kier molecular flexibility index (Phi) is 5.55. The van der Waals surface area contributed by atoms with Crippen LogP contribution in [0.3, 0.4) is 0 Å². The predicted octanol–water partition coefficient (Wildman–Crippen LogP) is 2.11. The number of aromatic amines is 2. The van der Waals surface area contributed by atoms with Crippen LogP contribution in [-0.2, 0) is 11.3 Å². The van der Waals surface area contributed by atoms with Crippen LogP contribution < -0.4 is 0 Å². The van der Waals surface area contributed by atoms with Crippen LogP contribution >= 0.6 is 24.4 Å². The van der Waals surface area contributed by atoms with Gasteiger partial charge in [-0.1, -0.05) is 6.42 Å². The first-order chi connectivity index (χ1) is 8.77. The third-order valence-corrected chi connectivity index (χ3v) is 3.87. The molecule has 0 amide bonds. The average Bonchev–Trinajstić information content (AvgIpc) is 2.71. The fourth-order valence-electron chi connectivity index (χ4n) is 2.17. The Morgan fingerprint density at radius 3 is 2.22 bits per heavy atom. The highest BCUT2D eigenvalue weighted by atomic mass is 32.1. The van der Waals surface area contributed by atoms with Crippen molar-refractivity contribution in [3.63, 3.8) is 0 Å². The van der Waals surface area contributed by atoms with E-state index in [0.717, 1.165) is 13.2 Å². The summed E-state index contributed by atoms with van der Waals surface area (Å²) in [5, 5.41) is 5.63. The van der Waals surface area contributed by atoms with E-state index in [1.165, 1.54) is 32.4 Å². The minimum absolute atomic E-state index is 0.625. The van der Waals surface area contributed by atoms with Crippen LogP contribution in [0.1, 0.15) is 19.3 Å². The normalized spacial score (nSPS) is 17.1. The van der Waals surface area contributed by atoms with Gasteiger partial charge in [0.1, 0.15) is 0 Å². The monoisotopic (exact) mass is 288 g/mol. The maximum Gasteiger partial charge on any atom is 0.194 e. The van der Waals surface area contributed by atoms with Crippen molar-refractivity contribution < 1.29 is 4.74 Å². The summed E-state index contributed by atoms with van der Waals surface area (Å²) in [6, 6.07) is 0. The Balaban J connectivity index is 1.61. The van der Waals surface area contributed by atoms with E-state index >= 15 is 0 Å². The molecule has 2 N–H and O–H groups in total. The molecule has 1 aliphatic rings. The lowest BCUT2D eigenvalue weighted by Gasteiger charge is -2.26. The minimum Gasteiger partial charge on any atom is -0.378 e. The van der Waals surface area contributed by atoms with Crippen molar-refractivity contribution in [3.8, 4) is 0 Å². The molecule has 5 nitrogen and oxygen atoms in total. The fraction of sp³-hybridized carbons (Fsp3) is 0.818. The van der Waals surface area contributed by atoms with Crippen LogP contribution in [0.15, 0.2) is 0 Å². The number of piperidine rings is 1. The van der Waals surface area contributed by atoms with Crippen molar-refractivity contribution >= 4 is 24.4 Å². The lowest BCUT2D eigenvalue weighted by molar-refractivity contribution is 0.0910. The number of hydrogen-bond acceptors (Lipinski definition) is 4. The Labute approximate surface area is 117 Å². The SMILES string of the molecule is S=c1[nH][nH]c(=S)n1CCOCCN1CCCCC1. The molecule has 1 aliphatic heterocycles. The molecule has 0 aliphatic carbocycles. The van der Waals surface area contributed by atoms with Crippen molar-refractivity contribution in [2.75, 3.05) is 32.8 Å². The van der Waals surface area contributed by atoms with Crippen molar-refractivity contribution in [1.29, 1.82) is 0 Å². The van der Waals surface area contributed by atoms with Gasteiger partial charge in [0.05, 0.1) is 19.8 Å². The highest BCUT2D eigenvalue weighted by Gasteiger charge is 2.08. The second-order valence-electron chi connectivity index (χ2n) is 4.53. The van der Waals surface area contributed by atoms with Crippen molar-refractivity contribution in [2.24, 2.45) is 0 Å². The summed E-state index contributed by atoms with van der Waals surface area (Å²) in [4.78, 5) is 2.47. The molecule has 0 spiro atoms. The molecule has 1 saturated heterocycles. The highest BCUT2D eigenvalue weighted by Crippen LogP contribution is 2.07. The fourth-order valence-corrected chi connectivity index (χ4v) is 2.70. The summed E-state index contributed by atoms with van der Waals surface area (Å²) in [7, 11) is 0. The van der Waals surface area contributed by atoms with Gasteiger partial charge < -0.3 is 9.64 Å². The molecular weight excluding hydrogens is 268 g/mol. The minimum atomic E-state index is 0.625. The van der Waals surface area contributed by atoms with E-state index in [-0.39, 0.29) is 0 Å². The van der Waals surface area contributed by atoms with Crippen LogP contribution in [0.25, 0.3) is 0 Å². The summed E-state index contributed by atoms with van der Waals surface area (Å²) in [5.74, 6) is 0. The molecule has 2 rings (SSSR count). The smallest absolute Gasteiger partial charge is 0.194 e. The van der Waals surface area contributed by atoms with Gasteiger partial charge in [-0.2, -0.15) is 0 Å². The predicted molar refractivity (Wildman–Crippen MR) is 75.9 cm³/mol. The van der Waals surface area contributed by atoms with Gasteiger partial charge in [0.25, 0.3) is 0 Å². The average molecular weight is 288 g/mol. The first-order valence-electron chi connectivity index (χ1n) is 6.45. The van der Waals surface area contributed by atoms with Crippen molar-refractivity contribution in [3.05, 3.63) is 9.54 Å². The van der Waals surface area contributed by atoms with Crippen LogP contribution in [0, 0.1) is 9.54 Å². The maximum absolute atomic E-state index is 5.64. The highest BCUT2D eigenvalue weighted by molar-refractivity contribution is 7.72. The van der Waals surface area contributed by atoms with Crippen LogP contribution in [-0.4, -0.2) is 52.5 Å². The van der Waals surface area contributed by atoms with E-state index in [4.69, 9.17) is 29.2 Å². The zero-order valence-corrected chi connectivity index (χ0v) is 12.1. The lowest BCUT2D eigenvalue weighted by atomic mass is 10.1. The van der Waals surface area contributed by atoms with E-state index < -0.39 is 0 Å². The summed E-state index contributed by atoms with van der Waals surface area (Å²) in [6.45, 7) is 5.61. The van der Waals surface area contributed by atoms with Gasteiger partial charge in [-0.25, -0.2) is 0 Å². The topological polar surface area (TPSA) is 49.0 Å². The second-order valence-corrected chi connectivity index (χ2v) is 5.30. The third-order valence-electron chi connectivity index (χ3n) is 3.23. The standard InChI is InChI=1S/C11H20N4OS2/c17-10-12-13-11(18)15(10)7-9-16-8-6-14-4-2-1-3-5-14/h1-9H2,(H,12,17)(H,13,18). The van der Waals surface area contributed by atoms with Gasteiger partial charge in [0, 0.05) is 6.54 Å². The van der Waals surface area contributed by atoms with E-state index in [2.05, 4.69) is 15.1 Å². The summed E-state index contributed by atoms with van der Waals surface area (Å²) in [5.41, 5.74) is 0. The molecule has 18 heavy (non-hydrogen) atoms. The molecule has 102 valence electrons. The van der Waals surface area contributed by atoms with Crippen LogP contribution in [0.5, 0.6) is 0 Å². The largest absolute Gasteiger partial charge is 0.378 e. The zero-order chi connectivity index (χ0) is 12.8. The summed E-state index contributed by atoms with van der Waals surface area (Å²) < 4.78 is 8.73. The van der Waals surface area contributed by atoms with Gasteiger partial charge in [0.15, 0.2) is 9.54 Å². The number of nitrogens with zero attached hydrogens (tertiary/aromatic N) is 2. The van der Waals surface area contributed by atoms with Crippen molar-refractivity contribution in [1.82, 2.24) is 19.7 Å². The van der Waals surface area contributed by atoms with Gasteiger partial charge in [-0.3, -0.25) is 14.8 Å². The number of H-pyrrole nitrogens is 2. The molecule has 0 atom stereocenters. The van der Waals surface area contributed by atoms with E-state index in [1.807, 2.05) is 4.57 Å². The molecule has 2 heterocycles. The van der Waals surface area contributed by atoms with Gasteiger partial charge in [-0.05, 0) is 50.4 Å². The Morgan fingerprint density at radius 1 is 0.944 bits per heavy atom. The molecule has 1 fully saturated rings. The Bertz CT molecular complexity index is 431. The third kappa shape index (κ3) is 4.01. The summed E-state index contributed by atoms with van der Waals surface area (Å²) in [6.07, 6.45) is 4.03. The molecule has 1 aromatic rings. The number of ether oxygens (including phenoxy) is 1. The van der Waals surface area contributed by atoms with Gasteiger partial charge >= 0.3 is 0 Å². The Hall–Kier alpha value is -0.500. The van der Waals surface area contributed by atoms with E-state index in [1.54, 1.807) is 0 Å². The molecule has 7 heteroatoms. The second kappa shape index (κ2) is 7.18. The molecule has 0 bridgehead atoms. The molecule has 0 aromatic carbocycles. The van der Waals surface area contributed by atoms with E-state index in [0.29, 0.717) is 22.7 Å². The quantitative estimate of drug-likeness (QED) is 0.622. The molecule has 0 unspecified atom stereocenters. The van der Waals surface area contributed by atoms with Crippen molar-refractivity contribution in [2.45, 2.75) is 25.8 Å². The number of aromatic nitrogens is 3. The van der Waals surface area contributed by atoms with Crippen LogP contribution in [0.4, 0.5) is 0 Å². The van der Waals surface area contributed by atoms with E-state index in [9.17, 15) is 0 Å². The molecular formula is C11H20N4OS2. The maximum atomic E-state index is 5.64. The molecule has 1 aromatic heterocycles. The van der Waals surface area contributed by atoms with Gasteiger partial charge in [-0.15, -0.1) is 0 Å². The number of likely N-dealkylation sites (tertiary alicyclic amines) is 1. The zero-order valence-electron chi connectivity index (χ0n) is 10.5. The first kappa shape index (κ1) is 13.9. The number of rotatable bonds is 6. The van der Waals surface area contributed by atoms with Crippen LogP contribution in [0.2, 0.25) is 0 Å². The number of hydrogen-bond donors (Lipinski definition) is 2. The summed E-state index contributed by atoms with van der Waals surface area (Å²) >= 11 is 10.2.